The number of rotatable bonds is 3. The molecule has 0 saturated carbocycles. The van der Waals surface area contributed by atoms with E-state index in [9.17, 15) is 5.11 Å². The van der Waals surface area contributed by atoms with Crippen molar-refractivity contribution in [2.24, 2.45) is 0 Å². The van der Waals surface area contributed by atoms with Crippen LogP contribution in [0.1, 0.15) is 28.9 Å². The molecule has 1 heterocycles. The summed E-state index contributed by atoms with van der Waals surface area (Å²) in [5.74, 6) is 0. The molecule has 0 fully saturated rings. The zero-order valence-electron chi connectivity index (χ0n) is 7.79. The summed E-state index contributed by atoms with van der Waals surface area (Å²) in [6.07, 6.45) is 1.28. The second-order valence-electron chi connectivity index (χ2n) is 3.02. The number of thiazole rings is 1. The molecule has 0 aromatic carbocycles. The summed E-state index contributed by atoms with van der Waals surface area (Å²) in [5.41, 5.74) is 1.10. The Morgan fingerprint density at radius 3 is 2.58 bits per heavy atom. The molecule has 0 spiro atoms. The monoisotopic (exact) mass is 185 g/mol. The van der Waals surface area contributed by atoms with Gasteiger partial charge >= 0.3 is 0 Å². The van der Waals surface area contributed by atoms with Gasteiger partial charge < -0.3 is 5.11 Å². The Morgan fingerprint density at radius 1 is 1.50 bits per heavy atom. The van der Waals surface area contributed by atoms with Crippen molar-refractivity contribution in [3.8, 4) is 0 Å². The van der Waals surface area contributed by atoms with E-state index < -0.39 is 0 Å². The molecule has 0 aliphatic rings. The fraction of sp³-hybridized carbons (Fsp3) is 0.667. The lowest BCUT2D eigenvalue weighted by molar-refractivity contribution is 0.170. The van der Waals surface area contributed by atoms with E-state index in [1.54, 1.807) is 11.3 Å². The van der Waals surface area contributed by atoms with Crippen molar-refractivity contribution in [3.63, 3.8) is 0 Å². The predicted octanol–water partition coefficient (Wildman–Crippen LogP) is 2.07. The summed E-state index contributed by atoms with van der Waals surface area (Å²) in [6, 6.07) is 0. The van der Waals surface area contributed by atoms with E-state index in [1.807, 2.05) is 13.8 Å². The lowest BCUT2D eigenvalue weighted by atomic mass is 10.2. The Balaban J connectivity index is 2.64. The van der Waals surface area contributed by atoms with Gasteiger partial charge in [0, 0.05) is 11.3 Å². The predicted molar refractivity (Wildman–Crippen MR) is 51.6 cm³/mol. The maximum atomic E-state index is 9.38. The molecule has 12 heavy (non-hydrogen) atoms. The van der Waals surface area contributed by atoms with Crippen LogP contribution in [0.15, 0.2) is 0 Å². The molecule has 1 aromatic rings. The van der Waals surface area contributed by atoms with Crippen LogP contribution >= 0.6 is 11.3 Å². The zero-order chi connectivity index (χ0) is 9.14. The maximum absolute atomic E-state index is 9.38. The molecule has 0 radical (unpaired) electrons. The molecule has 0 amide bonds. The zero-order valence-corrected chi connectivity index (χ0v) is 8.61. The molecule has 68 valence electrons. The smallest absolute Gasteiger partial charge is 0.0956 e. The van der Waals surface area contributed by atoms with Crippen LogP contribution in [0.2, 0.25) is 0 Å². The molecule has 3 heteroatoms. The van der Waals surface area contributed by atoms with Gasteiger partial charge in [0.25, 0.3) is 0 Å². The third-order valence-electron chi connectivity index (χ3n) is 1.95. The van der Waals surface area contributed by atoms with E-state index in [0.717, 1.165) is 17.1 Å². The lowest BCUT2D eigenvalue weighted by Gasteiger charge is -2.02. The molecule has 0 saturated heterocycles. The van der Waals surface area contributed by atoms with E-state index in [-0.39, 0.29) is 6.10 Å². The molecule has 0 aliphatic heterocycles. The summed E-state index contributed by atoms with van der Waals surface area (Å²) < 4.78 is 0. The van der Waals surface area contributed by atoms with Crippen LogP contribution in [-0.4, -0.2) is 16.2 Å². The standard InChI is InChI=1S/C9H15NOS/c1-4-8(11)5-9-10-6(2)7(3)12-9/h8,11H,4-5H2,1-3H3. The van der Waals surface area contributed by atoms with Gasteiger partial charge in [0.05, 0.1) is 16.8 Å². The third-order valence-corrected chi connectivity index (χ3v) is 3.05. The first-order valence-corrected chi connectivity index (χ1v) is 5.06. The van der Waals surface area contributed by atoms with Gasteiger partial charge in [-0.1, -0.05) is 6.92 Å². The second kappa shape index (κ2) is 4.01. The number of aliphatic hydroxyl groups is 1. The average molecular weight is 185 g/mol. The van der Waals surface area contributed by atoms with E-state index >= 15 is 0 Å². The van der Waals surface area contributed by atoms with Crippen LogP contribution in [0.5, 0.6) is 0 Å². The van der Waals surface area contributed by atoms with Crippen LogP contribution in [0, 0.1) is 13.8 Å². The first-order valence-electron chi connectivity index (χ1n) is 4.24. The topological polar surface area (TPSA) is 33.1 Å². The van der Waals surface area contributed by atoms with Crippen LogP contribution in [0.3, 0.4) is 0 Å². The number of aliphatic hydroxyl groups excluding tert-OH is 1. The molecule has 1 rings (SSSR count). The van der Waals surface area contributed by atoms with E-state index in [0.29, 0.717) is 6.42 Å². The Bertz CT molecular complexity index is 238. The minimum absolute atomic E-state index is 0.227. The highest BCUT2D eigenvalue weighted by molar-refractivity contribution is 7.11. The van der Waals surface area contributed by atoms with Gasteiger partial charge in [-0.2, -0.15) is 0 Å². The summed E-state index contributed by atoms with van der Waals surface area (Å²) in [6.45, 7) is 6.06. The molecule has 0 aliphatic carbocycles. The SMILES string of the molecule is CCC(O)Cc1nc(C)c(C)s1. The summed E-state index contributed by atoms with van der Waals surface area (Å²) in [5, 5.41) is 10.4. The highest BCUT2D eigenvalue weighted by Gasteiger charge is 2.07. The molecule has 1 aromatic heterocycles. The van der Waals surface area contributed by atoms with Gasteiger partial charge in [0.1, 0.15) is 0 Å². The highest BCUT2D eigenvalue weighted by atomic mass is 32.1. The summed E-state index contributed by atoms with van der Waals surface area (Å²) >= 11 is 1.69. The molecule has 2 nitrogen and oxygen atoms in total. The molecule has 0 bridgehead atoms. The summed E-state index contributed by atoms with van der Waals surface area (Å²) in [4.78, 5) is 5.61. The minimum Gasteiger partial charge on any atom is -0.393 e. The van der Waals surface area contributed by atoms with E-state index in [1.165, 1.54) is 4.88 Å². The minimum atomic E-state index is -0.227. The summed E-state index contributed by atoms with van der Waals surface area (Å²) in [7, 11) is 0. The van der Waals surface area contributed by atoms with Crippen molar-refractivity contribution in [2.75, 3.05) is 0 Å². The highest BCUT2D eigenvalue weighted by Crippen LogP contribution is 2.18. The van der Waals surface area contributed by atoms with Gasteiger partial charge in [-0.05, 0) is 20.3 Å². The quantitative estimate of drug-likeness (QED) is 0.782. The van der Waals surface area contributed by atoms with Gasteiger partial charge in [0.2, 0.25) is 0 Å². The number of hydrogen-bond acceptors (Lipinski definition) is 3. The lowest BCUT2D eigenvalue weighted by Crippen LogP contribution is -2.07. The number of hydrogen-bond donors (Lipinski definition) is 1. The van der Waals surface area contributed by atoms with E-state index in [2.05, 4.69) is 11.9 Å². The van der Waals surface area contributed by atoms with Crippen LogP contribution < -0.4 is 0 Å². The first kappa shape index (κ1) is 9.68. The Hall–Kier alpha value is -0.410. The van der Waals surface area contributed by atoms with E-state index in [4.69, 9.17) is 0 Å². The molecule has 1 atom stereocenters. The number of aromatic nitrogens is 1. The molecule has 1 N–H and O–H groups in total. The largest absolute Gasteiger partial charge is 0.393 e. The molecule has 1 unspecified atom stereocenters. The Labute approximate surface area is 77.3 Å². The van der Waals surface area contributed by atoms with Crippen molar-refractivity contribution in [1.29, 1.82) is 0 Å². The first-order chi connectivity index (χ1) is 5.63. The normalized spacial score (nSPS) is 13.3. The average Bonchev–Trinajstić information content (AvgIpc) is 2.31. The Kier molecular flexibility index (Phi) is 3.23. The van der Waals surface area contributed by atoms with Crippen LogP contribution in [0.4, 0.5) is 0 Å². The molecular weight excluding hydrogens is 170 g/mol. The van der Waals surface area contributed by atoms with Crippen molar-refractivity contribution >= 4 is 11.3 Å². The fourth-order valence-corrected chi connectivity index (χ4v) is 1.98. The fourth-order valence-electron chi connectivity index (χ4n) is 0.972. The van der Waals surface area contributed by atoms with Crippen LogP contribution in [-0.2, 0) is 6.42 Å². The third kappa shape index (κ3) is 2.29. The molecular formula is C9H15NOS. The van der Waals surface area contributed by atoms with Gasteiger partial charge in [-0.3, -0.25) is 0 Å². The Morgan fingerprint density at radius 2 is 2.17 bits per heavy atom. The van der Waals surface area contributed by atoms with Crippen molar-refractivity contribution < 1.29 is 5.11 Å². The van der Waals surface area contributed by atoms with Gasteiger partial charge in [-0.15, -0.1) is 11.3 Å². The second-order valence-corrected chi connectivity index (χ2v) is 4.30. The van der Waals surface area contributed by atoms with Crippen molar-refractivity contribution in [1.82, 2.24) is 4.98 Å². The van der Waals surface area contributed by atoms with Crippen molar-refractivity contribution in [3.05, 3.63) is 15.6 Å². The van der Waals surface area contributed by atoms with Gasteiger partial charge in [-0.25, -0.2) is 4.98 Å². The van der Waals surface area contributed by atoms with Gasteiger partial charge in [0.15, 0.2) is 0 Å². The maximum Gasteiger partial charge on any atom is 0.0956 e. The number of nitrogens with zero attached hydrogens (tertiary/aromatic N) is 1. The van der Waals surface area contributed by atoms with Crippen LogP contribution in [0.25, 0.3) is 0 Å². The number of aryl methyl sites for hydroxylation is 2. The van der Waals surface area contributed by atoms with Crippen molar-refractivity contribution in [2.45, 2.75) is 39.7 Å².